The molecule has 3 heterocycles. The molecule has 0 unspecified atom stereocenters. The Balaban J connectivity index is 1.87. The van der Waals surface area contributed by atoms with Gasteiger partial charge < -0.3 is 9.47 Å². The number of rotatable bonds is 2. The summed E-state index contributed by atoms with van der Waals surface area (Å²) < 4.78 is 4.73. The highest BCUT2D eigenvalue weighted by atomic mass is 35.5. The molecule has 0 atom stereocenters. The van der Waals surface area contributed by atoms with Crippen molar-refractivity contribution in [2.45, 2.75) is 19.5 Å². The van der Waals surface area contributed by atoms with Crippen LogP contribution in [0.3, 0.4) is 0 Å². The molecule has 1 aromatic carbocycles. The van der Waals surface area contributed by atoms with E-state index in [-0.39, 0.29) is 0 Å². The Morgan fingerprint density at radius 1 is 1.24 bits per heavy atom. The fourth-order valence-electron chi connectivity index (χ4n) is 3.25. The van der Waals surface area contributed by atoms with Gasteiger partial charge in [-0.15, -0.1) is 11.3 Å². The molecule has 0 saturated carbocycles. The maximum atomic E-state index is 6.27. The maximum absolute atomic E-state index is 6.27. The topological polar surface area (TPSA) is 8.17 Å². The Kier molecular flexibility index (Phi) is 3.29. The first-order chi connectivity index (χ1) is 10.2. The SMILES string of the molecule is CN1CCc2c(c3sc(Cl)cc3n2Cc2ccccc2)C1. The third-order valence-corrected chi connectivity index (χ3v) is 5.58. The molecule has 2 nitrogen and oxygen atoms in total. The van der Waals surface area contributed by atoms with Crippen LogP contribution in [0.1, 0.15) is 16.8 Å². The minimum atomic E-state index is 0.887. The van der Waals surface area contributed by atoms with Crippen LogP contribution in [-0.4, -0.2) is 23.1 Å². The summed E-state index contributed by atoms with van der Waals surface area (Å²) in [5.41, 5.74) is 5.62. The van der Waals surface area contributed by atoms with E-state index >= 15 is 0 Å². The second-order valence-electron chi connectivity index (χ2n) is 5.75. The normalized spacial score (nSPS) is 15.5. The van der Waals surface area contributed by atoms with Crippen molar-refractivity contribution in [1.82, 2.24) is 9.47 Å². The zero-order valence-electron chi connectivity index (χ0n) is 12.0. The van der Waals surface area contributed by atoms with E-state index in [0.29, 0.717) is 0 Å². The molecule has 0 saturated heterocycles. The number of fused-ring (bicyclic) bond motifs is 3. The van der Waals surface area contributed by atoms with E-state index in [1.54, 1.807) is 11.3 Å². The first kappa shape index (κ1) is 13.4. The molecular weight excluding hydrogens is 300 g/mol. The number of hydrogen-bond donors (Lipinski definition) is 0. The Morgan fingerprint density at radius 3 is 2.86 bits per heavy atom. The first-order valence-corrected chi connectivity index (χ1v) is 8.43. The predicted octanol–water partition coefficient (Wildman–Crippen LogP) is 4.39. The second-order valence-corrected chi connectivity index (χ2v) is 7.43. The smallest absolute Gasteiger partial charge is 0.0956 e. The molecular formula is C17H17ClN2S. The molecule has 0 N–H and O–H groups in total. The third kappa shape index (κ3) is 2.30. The molecule has 0 amide bonds. The fourth-order valence-corrected chi connectivity index (χ4v) is 4.53. The van der Waals surface area contributed by atoms with Crippen LogP contribution in [0.25, 0.3) is 10.2 Å². The quantitative estimate of drug-likeness (QED) is 0.680. The molecule has 1 aliphatic rings. The van der Waals surface area contributed by atoms with Gasteiger partial charge in [-0.2, -0.15) is 0 Å². The highest BCUT2D eigenvalue weighted by molar-refractivity contribution is 7.22. The molecule has 0 radical (unpaired) electrons. The lowest BCUT2D eigenvalue weighted by atomic mass is 10.1. The molecule has 108 valence electrons. The standard InChI is InChI=1S/C17H17ClN2S/c1-19-8-7-14-13(11-19)17-15(9-16(18)21-17)20(14)10-12-5-3-2-4-6-12/h2-6,9H,7-8,10-11H2,1H3. The van der Waals surface area contributed by atoms with Crippen LogP contribution in [0.15, 0.2) is 36.4 Å². The number of aromatic nitrogens is 1. The van der Waals surface area contributed by atoms with E-state index in [1.165, 1.54) is 27.0 Å². The molecule has 4 rings (SSSR count). The number of hydrogen-bond acceptors (Lipinski definition) is 2. The van der Waals surface area contributed by atoms with Gasteiger partial charge in [0.1, 0.15) is 0 Å². The van der Waals surface area contributed by atoms with Crippen molar-refractivity contribution in [3.8, 4) is 0 Å². The number of likely N-dealkylation sites (N-methyl/N-ethyl adjacent to an activating group) is 1. The van der Waals surface area contributed by atoms with Gasteiger partial charge in [0.2, 0.25) is 0 Å². The molecule has 4 heteroatoms. The van der Waals surface area contributed by atoms with E-state index in [0.717, 1.165) is 30.4 Å². The van der Waals surface area contributed by atoms with Crippen molar-refractivity contribution in [1.29, 1.82) is 0 Å². The van der Waals surface area contributed by atoms with Crippen molar-refractivity contribution in [2.24, 2.45) is 0 Å². The average Bonchev–Trinajstić information content (AvgIpc) is 2.98. The molecule has 0 aliphatic carbocycles. The van der Waals surface area contributed by atoms with Crippen LogP contribution in [-0.2, 0) is 19.5 Å². The molecule has 21 heavy (non-hydrogen) atoms. The van der Waals surface area contributed by atoms with Gasteiger partial charge in [-0.05, 0) is 18.7 Å². The lowest BCUT2D eigenvalue weighted by molar-refractivity contribution is 0.310. The fraction of sp³-hybridized carbons (Fsp3) is 0.294. The molecule has 2 aromatic heterocycles. The molecule has 0 fully saturated rings. The van der Waals surface area contributed by atoms with E-state index in [4.69, 9.17) is 11.6 Å². The van der Waals surface area contributed by atoms with Crippen molar-refractivity contribution >= 4 is 33.2 Å². The van der Waals surface area contributed by atoms with Gasteiger partial charge in [-0.1, -0.05) is 41.9 Å². The monoisotopic (exact) mass is 316 g/mol. The first-order valence-electron chi connectivity index (χ1n) is 7.24. The van der Waals surface area contributed by atoms with Gasteiger partial charge in [0.05, 0.1) is 14.6 Å². The van der Waals surface area contributed by atoms with Gasteiger partial charge >= 0.3 is 0 Å². The molecule has 3 aromatic rings. The Hall–Kier alpha value is -1.29. The predicted molar refractivity (Wildman–Crippen MR) is 90.4 cm³/mol. The van der Waals surface area contributed by atoms with E-state index < -0.39 is 0 Å². The van der Waals surface area contributed by atoms with Crippen LogP contribution in [0.5, 0.6) is 0 Å². The summed E-state index contributed by atoms with van der Waals surface area (Å²) in [5, 5.41) is 0. The summed E-state index contributed by atoms with van der Waals surface area (Å²) in [4.78, 5) is 2.39. The number of thiophene rings is 1. The zero-order chi connectivity index (χ0) is 14.4. The number of halogens is 1. The average molecular weight is 317 g/mol. The summed E-state index contributed by atoms with van der Waals surface area (Å²) in [6.07, 6.45) is 1.12. The lowest BCUT2D eigenvalue weighted by Gasteiger charge is -2.24. The molecule has 0 bridgehead atoms. The van der Waals surface area contributed by atoms with Gasteiger partial charge in [0, 0.05) is 37.3 Å². The van der Waals surface area contributed by atoms with Crippen LogP contribution in [0, 0.1) is 0 Å². The van der Waals surface area contributed by atoms with Crippen LogP contribution in [0.2, 0.25) is 4.34 Å². The second kappa shape index (κ2) is 5.16. The Labute approximate surface area is 133 Å². The van der Waals surface area contributed by atoms with Gasteiger partial charge in [-0.25, -0.2) is 0 Å². The lowest BCUT2D eigenvalue weighted by Crippen LogP contribution is -2.27. The molecule has 0 spiro atoms. The third-order valence-electron chi connectivity index (χ3n) is 4.26. The largest absolute Gasteiger partial charge is 0.339 e. The van der Waals surface area contributed by atoms with Crippen molar-refractivity contribution in [3.05, 3.63) is 57.6 Å². The Morgan fingerprint density at radius 2 is 2.05 bits per heavy atom. The van der Waals surface area contributed by atoms with Crippen molar-refractivity contribution in [2.75, 3.05) is 13.6 Å². The maximum Gasteiger partial charge on any atom is 0.0956 e. The minimum absolute atomic E-state index is 0.887. The van der Waals surface area contributed by atoms with Crippen molar-refractivity contribution in [3.63, 3.8) is 0 Å². The van der Waals surface area contributed by atoms with E-state index in [9.17, 15) is 0 Å². The van der Waals surface area contributed by atoms with Gasteiger partial charge in [0.25, 0.3) is 0 Å². The van der Waals surface area contributed by atoms with Crippen molar-refractivity contribution < 1.29 is 0 Å². The zero-order valence-corrected chi connectivity index (χ0v) is 13.5. The Bertz CT molecular complexity index is 788. The summed E-state index contributed by atoms with van der Waals surface area (Å²) in [7, 11) is 2.19. The minimum Gasteiger partial charge on any atom is -0.339 e. The number of benzene rings is 1. The van der Waals surface area contributed by atoms with Gasteiger partial charge in [-0.3, -0.25) is 0 Å². The summed E-state index contributed by atoms with van der Waals surface area (Å²) in [6.45, 7) is 3.10. The van der Waals surface area contributed by atoms with Crippen LogP contribution in [0.4, 0.5) is 0 Å². The summed E-state index contributed by atoms with van der Waals surface area (Å²) >= 11 is 7.99. The van der Waals surface area contributed by atoms with E-state index in [2.05, 4.69) is 52.9 Å². The number of nitrogens with zero attached hydrogens (tertiary/aromatic N) is 2. The summed E-state index contributed by atoms with van der Waals surface area (Å²) in [6, 6.07) is 12.8. The van der Waals surface area contributed by atoms with Crippen LogP contribution < -0.4 is 0 Å². The highest BCUT2D eigenvalue weighted by Crippen LogP contribution is 2.38. The molecule has 1 aliphatic heterocycles. The summed E-state index contributed by atoms with van der Waals surface area (Å²) in [5.74, 6) is 0. The van der Waals surface area contributed by atoms with E-state index in [1.807, 2.05) is 0 Å². The highest BCUT2D eigenvalue weighted by Gasteiger charge is 2.24. The van der Waals surface area contributed by atoms with Crippen LogP contribution >= 0.6 is 22.9 Å². The van der Waals surface area contributed by atoms with Gasteiger partial charge in [0.15, 0.2) is 0 Å².